The largest absolute Gasteiger partial charge is 0.497 e. The first kappa shape index (κ1) is 12.5. The Morgan fingerprint density at radius 1 is 1.25 bits per heavy atom. The van der Waals surface area contributed by atoms with Crippen molar-refractivity contribution in [1.29, 1.82) is 0 Å². The molecule has 0 spiro atoms. The summed E-state index contributed by atoms with van der Waals surface area (Å²) in [6.07, 6.45) is 1.70. The number of pyridine rings is 1. The molecule has 0 saturated heterocycles. The van der Waals surface area contributed by atoms with Gasteiger partial charge < -0.3 is 15.0 Å². The van der Waals surface area contributed by atoms with E-state index in [1.807, 2.05) is 30.3 Å². The van der Waals surface area contributed by atoms with Crippen LogP contribution in [0, 0.1) is 0 Å². The van der Waals surface area contributed by atoms with E-state index in [2.05, 4.69) is 16.5 Å². The van der Waals surface area contributed by atoms with Gasteiger partial charge in [0.25, 0.3) is 0 Å². The highest BCUT2D eigenvalue weighted by Gasteiger charge is 2.12. The van der Waals surface area contributed by atoms with Crippen LogP contribution in [0.4, 0.5) is 5.82 Å². The number of hydrogen-bond donors (Lipinski definition) is 1. The van der Waals surface area contributed by atoms with Gasteiger partial charge in [0.15, 0.2) is 0 Å². The van der Waals surface area contributed by atoms with E-state index in [9.17, 15) is 0 Å². The van der Waals surface area contributed by atoms with Gasteiger partial charge >= 0.3 is 0 Å². The van der Waals surface area contributed by atoms with Crippen molar-refractivity contribution in [3.63, 3.8) is 0 Å². The Morgan fingerprint density at radius 2 is 2.10 bits per heavy atom. The van der Waals surface area contributed by atoms with E-state index in [-0.39, 0.29) is 0 Å². The van der Waals surface area contributed by atoms with Crippen molar-refractivity contribution in [2.75, 3.05) is 12.8 Å². The van der Waals surface area contributed by atoms with Crippen molar-refractivity contribution in [2.24, 2.45) is 0 Å². The van der Waals surface area contributed by atoms with Crippen molar-refractivity contribution < 1.29 is 4.74 Å². The van der Waals surface area contributed by atoms with E-state index in [1.54, 1.807) is 13.3 Å². The van der Waals surface area contributed by atoms with Crippen LogP contribution in [0.2, 0.25) is 0 Å². The lowest BCUT2D eigenvalue weighted by molar-refractivity contribution is 0.415. The molecule has 5 heteroatoms. The van der Waals surface area contributed by atoms with Gasteiger partial charge in [-0.15, -0.1) is 0 Å². The van der Waals surface area contributed by atoms with E-state index in [0.717, 1.165) is 34.7 Å². The number of nitrogens with two attached hydrogens (primary N) is 1. The molecule has 0 aliphatic heterocycles. The van der Waals surface area contributed by atoms with Crippen LogP contribution in [0.1, 0.15) is 6.92 Å². The summed E-state index contributed by atoms with van der Waals surface area (Å²) in [7, 11) is 1.66. The number of ether oxygens (including phenoxy) is 1. The molecule has 0 aliphatic rings. The van der Waals surface area contributed by atoms with Crippen LogP contribution in [-0.4, -0.2) is 21.6 Å². The van der Waals surface area contributed by atoms with Crippen LogP contribution >= 0.6 is 0 Å². The first-order chi connectivity index (χ1) is 9.72. The standard InChI is InChI=1S/C15H16N4O/c1-3-19-13-5-4-11(20-2)9-12(13)18-15(19)10-6-7-17-14(16)8-10/h4-9H,3H2,1-2H3,(H2,16,17). The minimum absolute atomic E-state index is 0.495. The molecule has 20 heavy (non-hydrogen) atoms. The Morgan fingerprint density at radius 3 is 2.80 bits per heavy atom. The number of benzene rings is 1. The van der Waals surface area contributed by atoms with Crippen molar-refractivity contribution in [3.8, 4) is 17.1 Å². The second kappa shape index (κ2) is 4.85. The Labute approximate surface area is 117 Å². The lowest BCUT2D eigenvalue weighted by Crippen LogP contribution is -1.98. The summed E-state index contributed by atoms with van der Waals surface area (Å²) < 4.78 is 7.41. The molecule has 0 aliphatic carbocycles. The number of rotatable bonds is 3. The number of fused-ring (bicyclic) bond motifs is 1. The summed E-state index contributed by atoms with van der Waals surface area (Å²) in [5.41, 5.74) is 8.72. The summed E-state index contributed by atoms with van der Waals surface area (Å²) >= 11 is 0. The first-order valence-corrected chi connectivity index (χ1v) is 6.49. The molecule has 0 saturated carbocycles. The highest BCUT2D eigenvalue weighted by atomic mass is 16.5. The number of aryl methyl sites for hydroxylation is 1. The topological polar surface area (TPSA) is 66.0 Å². The second-order valence-corrected chi connectivity index (χ2v) is 4.50. The van der Waals surface area contributed by atoms with Gasteiger partial charge in [-0.1, -0.05) is 0 Å². The molecule has 0 radical (unpaired) electrons. The van der Waals surface area contributed by atoms with Crippen LogP contribution in [-0.2, 0) is 6.54 Å². The van der Waals surface area contributed by atoms with Gasteiger partial charge in [0.2, 0.25) is 0 Å². The van der Waals surface area contributed by atoms with Crippen molar-refractivity contribution in [2.45, 2.75) is 13.5 Å². The molecule has 5 nitrogen and oxygen atoms in total. The Hall–Kier alpha value is -2.56. The van der Waals surface area contributed by atoms with Gasteiger partial charge in [-0.3, -0.25) is 0 Å². The lowest BCUT2D eigenvalue weighted by atomic mass is 10.2. The molecule has 0 fully saturated rings. The fourth-order valence-electron chi connectivity index (χ4n) is 2.36. The number of nitrogen functional groups attached to an aromatic ring is 1. The zero-order valence-corrected chi connectivity index (χ0v) is 11.5. The summed E-state index contributed by atoms with van der Waals surface area (Å²) in [6, 6.07) is 9.67. The first-order valence-electron chi connectivity index (χ1n) is 6.49. The molecular weight excluding hydrogens is 252 g/mol. The van der Waals surface area contributed by atoms with E-state index in [0.29, 0.717) is 5.82 Å². The number of hydrogen-bond acceptors (Lipinski definition) is 4. The molecule has 3 aromatic rings. The van der Waals surface area contributed by atoms with E-state index in [1.165, 1.54) is 0 Å². The van der Waals surface area contributed by atoms with Gasteiger partial charge in [-0.25, -0.2) is 9.97 Å². The SMILES string of the molecule is CCn1c(-c2ccnc(N)c2)nc2cc(OC)ccc21. The predicted octanol–water partition coefficient (Wildman–Crippen LogP) is 2.71. The van der Waals surface area contributed by atoms with E-state index in [4.69, 9.17) is 15.5 Å². The van der Waals surface area contributed by atoms with Crippen LogP contribution < -0.4 is 10.5 Å². The fourth-order valence-corrected chi connectivity index (χ4v) is 2.36. The average Bonchev–Trinajstić information content (AvgIpc) is 2.84. The van der Waals surface area contributed by atoms with Gasteiger partial charge in [0, 0.05) is 24.4 Å². The molecule has 0 unspecified atom stereocenters. The predicted molar refractivity (Wildman–Crippen MR) is 79.6 cm³/mol. The molecule has 0 atom stereocenters. The molecule has 2 aromatic heterocycles. The minimum Gasteiger partial charge on any atom is -0.497 e. The highest BCUT2D eigenvalue weighted by Crippen LogP contribution is 2.27. The van der Waals surface area contributed by atoms with Gasteiger partial charge in [-0.05, 0) is 31.2 Å². The number of methoxy groups -OCH3 is 1. The molecular formula is C15H16N4O. The van der Waals surface area contributed by atoms with Crippen LogP contribution in [0.5, 0.6) is 5.75 Å². The average molecular weight is 268 g/mol. The van der Waals surface area contributed by atoms with Gasteiger partial charge in [0.1, 0.15) is 17.4 Å². The van der Waals surface area contributed by atoms with Crippen LogP contribution in [0.15, 0.2) is 36.5 Å². The van der Waals surface area contributed by atoms with Crippen molar-refractivity contribution in [3.05, 3.63) is 36.5 Å². The summed E-state index contributed by atoms with van der Waals surface area (Å²) in [5.74, 6) is 2.19. The monoisotopic (exact) mass is 268 g/mol. The molecule has 1 aromatic carbocycles. The second-order valence-electron chi connectivity index (χ2n) is 4.50. The third kappa shape index (κ3) is 1.97. The number of imidazole rings is 1. The Kier molecular flexibility index (Phi) is 3.02. The maximum atomic E-state index is 5.76. The van der Waals surface area contributed by atoms with Crippen LogP contribution in [0.3, 0.4) is 0 Å². The van der Waals surface area contributed by atoms with Crippen molar-refractivity contribution >= 4 is 16.9 Å². The quantitative estimate of drug-likeness (QED) is 0.793. The molecule has 0 bridgehead atoms. The third-order valence-electron chi connectivity index (χ3n) is 3.31. The lowest BCUT2D eigenvalue weighted by Gasteiger charge is -2.06. The Balaban J connectivity index is 2.24. The van der Waals surface area contributed by atoms with Crippen molar-refractivity contribution in [1.82, 2.24) is 14.5 Å². The van der Waals surface area contributed by atoms with Crippen LogP contribution in [0.25, 0.3) is 22.4 Å². The number of anilines is 1. The van der Waals surface area contributed by atoms with Gasteiger partial charge in [-0.2, -0.15) is 0 Å². The maximum Gasteiger partial charge on any atom is 0.141 e. The minimum atomic E-state index is 0.495. The molecule has 0 amide bonds. The molecule has 2 heterocycles. The van der Waals surface area contributed by atoms with E-state index >= 15 is 0 Å². The maximum absolute atomic E-state index is 5.76. The highest BCUT2D eigenvalue weighted by molar-refractivity contribution is 5.82. The zero-order chi connectivity index (χ0) is 14.1. The molecule has 3 rings (SSSR count). The summed E-state index contributed by atoms with van der Waals surface area (Å²) in [6.45, 7) is 2.93. The summed E-state index contributed by atoms with van der Waals surface area (Å²) in [5, 5.41) is 0. The van der Waals surface area contributed by atoms with E-state index < -0.39 is 0 Å². The molecule has 102 valence electrons. The number of aromatic nitrogens is 3. The molecule has 2 N–H and O–H groups in total. The van der Waals surface area contributed by atoms with Gasteiger partial charge in [0.05, 0.1) is 18.1 Å². The zero-order valence-electron chi connectivity index (χ0n) is 11.5. The third-order valence-corrected chi connectivity index (χ3v) is 3.31. The normalized spacial score (nSPS) is 10.9. The number of nitrogens with zero attached hydrogens (tertiary/aromatic N) is 3. The Bertz CT molecular complexity index is 764. The summed E-state index contributed by atoms with van der Waals surface area (Å²) in [4.78, 5) is 8.73. The fraction of sp³-hybridized carbons (Fsp3) is 0.200. The smallest absolute Gasteiger partial charge is 0.141 e.